The fourth-order valence-electron chi connectivity index (χ4n) is 3.93. The fraction of sp³-hybridized carbons (Fsp3) is 0.429. The second-order valence-corrected chi connectivity index (χ2v) is 10.3. The molecular weight excluding hydrogens is 422 g/mol. The van der Waals surface area contributed by atoms with Gasteiger partial charge in [-0.2, -0.15) is 0 Å². The van der Waals surface area contributed by atoms with E-state index in [2.05, 4.69) is 5.32 Å². The summed E-state index contributed by atoms with van der Waals surface area (Å²) in [5.41, 5.74) is 1.98. The van der Waals surface area contributed by atoms with E-state index in [4.69, 9.17) is 0 Å². The Balaban J connectivity index is 1.33. The van der Waals surface area contributed by atoms with E-state index in [0.29, 0.717) is 17.1 Å². The minimum absolute atomic E-state index is 0.00910. The number of benzene rings is 1. The maximum Gasteiger partial charge on any atom is 0.293 e. The Bertz CT molecular complexity index is 946. The summed E-state index contributed by atoms with van der Waals surface area (Å²) in [7, 11) is 0. The predicted octanol–water partition coefficient (Wildman–Crippen LogP) is 2.60. The molecule has 3 fully saturated rings. The van der Waals surface area contributed by atoms with Gasteiger partial charge in [0.2, 0.25) is 11.8 Å². The first-order valence-electron chi connectivity index (χ1n) is 9.84. The number of fused-ring (bicyclic) bond motifs is 1. The zero-order valence-electron chi connectivity index (χ0n) is 16.8. The molecular formula is C21H23N3O4S2. The normalized spacial score (nSPS) is 27.3. The number of hydrogen-bond acceptors (Lipinski definition) is 6. The van der Waals surface area contributed by atoms with Crippen LogP contribution in [0.15, 0.2) is 29.2 Å². The molecule has 158 valence electrons. The topological polar surface area (TPSA) is 86.8 Å². The van der Waals surface area contributed by atoms with Gasteiger partial charge in [-0.05, 0) is 43.7 Å². The lowest BCUT2D eigenvalue weighted by Gasteiger charge is -2.29. The summed E-state index contributed by atoms with van der Waals surface area (Å²) in [6.45, 7) is 4.24. The van der Waals surface area contributed by atoms with Gasteiger partial charge in [0.1, 0.15) is 6.04 Å². The Morgan fingerprint density at radius 2 is 2.00 bits per heavy atom. The number of hydrogen-bond donors (Lipinski definition) is 1. The highest BCUT2D eigenvalue weighted by atomic mass is 32.2. The van der Waals surface area contributed by atoms with Crippen LogP contribution >= 0.6 is 23.5 Å². The molecule has 3 heterocycles. The fourth-order valence-corrected chi connectivity index (χ4v) is 6.23. The van der Waals surface area contributed by atoms with Crippen molar-refractivity contribution in [3.63, 3.8) is 0 Å². The van der Waals surface area contributed by atoms with Crippen LogP contribution in [0.25, 0.3) is 6.08 Å². The molecule has 30 heavy (non-hydrogen) atoms. The van der Waals surface area contributed by atoms with E-state index in [1.54, 1.807) is 22.7 Å². The molecule has 0 radical (unpaired) electrons. The third-order valence-electron chi connectivity index (χ3n) is 5.63. The van der Waals surface area contributed by atoms with Crippen molar-refractivity contribution in [2.45, 2.75) is 37.6 Å². The molecule has 3 saturated heterocycles. The van der Waals surface area contributed by atoms with E-state index in [0.717, 1.165) is 34.2 Å². The molecule has 1 aromatic rings. The second-order valence-electron chi connectivity index (χ2n) is 7.80. The van der Waals surface area contributed by atoms with Gasteiger partial charge in [0, 0.05) is 25.3 Å². The molecule has 0 aliphatic carbocycles. The van der Waals surface area contributed by atoms with Gasteiger partial charge in [-0.25, -0.2) is 0 Å². The number of imide groups is 1. The Labute approximate surface area is 183 Å². The molecule has 1 N–H and O–H groups in total. The van der Waals surface area contributed by atoms with Crippen molar-refractivity contribution < 1.29 is 19.2 Å². The molecule has 0 bridgehead atoms. The number of thioether (sulfide) groups is 2. The van der Waals surface area contributed by atoms with E-state index >= 15 is 0 Å². The van der Waals surface area contributed by atoms with Gasteiger partial charge in [-0.3, -0.25) is 24.1 Å². The first-order chi connectivity index (χ1) is 14.3. The van der Waals surface area contributed by atoms with Gasteiger partial charge >= 0.3 is 0 Å². The van der Waals surface area contributed by atoms with Gasteiger partial charge in [0.15, 0.2) is 0 Å². The Morgan fingerprint density at radius 1 is 1.27 bits per heavy atom. The summed E-state index contributed by atoms with van der Waals surface area (Å²) >= 11 is 2.54. The minimum Gasteiger partial charge on any atom is -0.352 e. The van der Waals surface area contributed by atoms with E-state index < -0.39 is 6.04 Å². The van der Waals surface area contributed by atoms with E-state index in [9.17, 15) is 19.2 Å². The molecule has 4 rings (SSSR count). The molecule has 4 amide bonds. The summed E-state index contributed by atoms with van der Waals surface area (Å²) in [4.78, 5) is 52.6. The number of nitrogens with zero attached hydrogens (tertiary/aromatic N) is 2. The van der Waals surface area contributed by atoms with Crippen LogP contribution < -0.4 is 5.32 Å². The van der Waals surface area contributed by atoms with Crippen molar-refractivity contribution in [1.82, 2.24) is 15.1 Å². The Hall–Kier alpha value is -2.26. The molecule has 0 aromatic heterocycles. The van der Waals surface area contributed by atoms with Crippen molar-refractivity contribution >= 4 is 52.6 Å². The number of rotatable bonds is 5. The number of carbonyl (C=O) groups excluding carboxylic acids is 4. The summed E-state index contributed by atoms with van der Waals surface area (Å²) in [5.74, 6) is -0.00778. The molecule has 9 heteroatoms. The summed E-state index contributed by atoms with van der Waals surface area (Å²) in [6, 6.07) is 7.20. The first-order valence-corrected chi connectivity index (χ1v) is 11.6. The summed E-state index contributed by atoms with van der Waals surface area (Å²) in [5, 5.41) is 2.45. The highest BCUT2D eigenvalue weighted by Gasteiger charge is 2.52. The van der Waals surface area contributed by atoms with Crippen LogP contribution in [0.2, 0.25) is 0 Å². The molecule has 0 spiro atoms. The maximum absolute atomic E-state index is 12.6. The van der Waals surface area contributed by atoms with Crippen molar-refractivity contribution in [1.29, 1.82) is 0 Å². The second kappa shape index (κ2) is 8.11. The zero-order valence-corrected chi connectivity index (χ0v) is 18.5. The molecule has 3 aliphatic rings. The first kappa shape index (κ1) is 21.0. The van der Waals surface area contributed by atoms with Crippen LogP contribution in [0.1, 0.15) is 30.9 Å². The number of amides is 4. The highest BCUT2D eigenvalue weighted by molar-refractivity contribution is 8.18. The lowest BCUT2D eigenvalue weighted by molar-refractivity contribution is -0.137. The third-order valence-corrected chi connectivity index (χ3v) is 8.04. The van der Waals surface area contributed by atoms with Crippen molar-refractivity contribution in [3.05, 3.63) is 40.3 Å². The van der Waals surface area contributed by atoms with Crippen LogP contribution in [-0.2, 0) is 14.4 Å². The van der Waals surface area contributed by atoms with E-state index in [-0.39, 0.29) is 40.9 Å². The predicted molar refractivity (Wildman–Crippen MR) is 118 cm³/mol. The maximum atomic E-state index is 12.6. The standard InChI is InChI=1S/C21H23N3O4S2/c1-13-3-5-14(6-4-13)11-16-19(27)23(20(28)30-16)10-9-22-18(26)15-12-29-21(2)8-7-17(25)24(15)21/h3-6,11,15H,7-10,12H2,1-2H3,(H,22,26)/b16-11+/t15-,21+/m0/s1. The zero-order chi connectivity index (χ0) is 21.5. The Kier molecular flexibility index (Phi) is 5.67. The SMILES string of the molecule is Cc1ccc(/C=C2/SC(=O)N(CCNC(=O)[C@@H]3CS[C@]4(C)CCC(=O)N34)C2=O)cc1. The number of carbonyl (C=O) groups is 4. The largest absolute Gasteiger partial charge is 0.352 e. The number of aryl methyl sites for hydroxylation is 1. The highest BCUT2D eigenvalue weighted by Crippen LogP contribution is 2.47. The summed E-state index contributed by atoms with van der Waals surface area (Å²) < 4.78 is 0. The van der Waals surface area contributed by atoms with E-state index in [1.165, 1.54) is 0 Å². The minimum atomic E-state index is -0.494. The Morgan fingerprint density at radius 3 is 2.73 bits per heavy atom. The molecule has 7 nitrogen and oxygen atoms in total. The van der Waals surface area contributed by atoms with Gasteiger partial charge in [-0.1, -0.05) is 29.8 Å². The van der Waals surface area contributed by atoms with Crippen LogP contribution in [0.4, 0.5) is 4.79 Å². The van der Waals surface area contributed by atoms with Gasteiger partial charge in [-0.15, -0.1) is 11.8 Å². The quantitative estimate of drug-likeness (QED) is 0.701. The van der Waals surface area contributed by atoms with Crippen molar-refractivity contribution in [2.75, 3.05) is 18.8 Å². The molecule has 2 atom stereocenters. The smallest absolute Gasteiger partial charge is 0.293 e. The number of nitrogens with one attached hydrogen (secondary N) is 1. The van der Waals surface area contributed by atoms with Crippen LogP contribution in [0, 0.1) is 6.92 Å². The average Bonchev–Trinajstić information content (AvgIpc) is 3.30. The molecule has 3 aliphatic heterocycles. The lowest BCUT2D eigenvalue weighted by Crippen LogP contribution is -2.51. The van der Waals surface area contributed by atoms with Gasteiger partial charge in [0.25, 0.3) is 11.1 Å². The lowest BCUT2D eigenvalue weighted by atomic mass is 10.1. The monoisotopic (exact) mass is 445 g/mol. The van der Waals surface area contributed by atoms with Crippen LogP contribution in [0.3, 0.4) is 0 Å². The molecule has 0 unspecified atom stereocenters. The molecule has 0 saturated carbocycles. The van der Waals surface area contributed by atoms with Crippen molar-refractivity contribution in [2.24, 2.45) is 0 Å². The third kappa shape index (κ3) is 3.88. The average molecular weight is 446 g/mol. The van der Waals surface area contributed by atoms with E-state index in [1.807, 2.05) is 38.1 Å². The van der Waals surface area contributed by atoms with Crippen LogP contribution in [-0.4, -0.2) is 62.5 Å². The van der Waals surface area contributed by atoms with Gasteiger partial charge in [0.05, 0.1) is 9.78 Å². The van der Waals surface area contributed by atoms with Gasteiger partial charge < -0.3 is 10.2 Å². The van der Waals surface area contributed by atoms with Crippen LogP contribution in [0.5, 0.6) is 0 Å². The molecule has 1 aromatic carbocycles. The summed E-state index contributed by atoms with van der Waals surface area (Å²) in [6.07, 6.45) is 2.93. The van der Waals surface area contributed by atoms with Crippen molar-refractivity contribution in [3.8, 4) is 0 Å².